The smallest absolute Gasteiger partial charge is 0.125 e. The van der Waals surface area contributed by atoms with Crippen molar-refractivity contribution >= 4 is 0 Å². The van der Waals surface area contributed by atoms with Crippen LogP contribution in [-0.2, 0) is 0 Å². The highest BCUT2D eigenvalue weighted by Gasteiger charge is 2.22. The van der Waals surface area contributed by atoms with E-state index in [9.17, 15) is 0 Å². The lowest BCUT2D eigenvalue weighted by molar-refractivity contribution is 0.395. The molecule has 4 heteroatoms. The van der Waals surface area contributed by atoms with Crippen LogP contribution in [0.25, 0.3) is 0 Å². The lowest BCUT2D eigenvalue weighted by Gasteiger charge is -2.23. The number of furan rings is 1. The second-order valence-electron chi connectivity index (χ2n) is 4.96. The van der Waals surface area contributed by atoms with Crippen LogP contribution in [0.5, 0.6) is 0 Å². The summed E-state index contributed by atoms with van der Waals surface area (Å²) < 4.78 is 5.62. The number of aromatic nitrogens is 2. The lowest BCUT2D eigenvalue weighted by atomic mass is 10.0. The average molecular weight is 281 g/mol. The van der Waals surface area contributed by atoms with Crippen molar-refractivity contribution in [1.82, 2.24) is 15.3 Å². The van der Waals surface area contributed by atoms with E-state index in [1.807, 2.05) is 36.5 Å². The molecule has 0 aliphatic carbocycles. The molecule has 4 nitrogen and oxygen atoms in total. The van der Waals surface area contributed by atoms with Crippen LogP contribution in [-0.4, -0.2) is 9.97 Å². The Balaban J connectivity index is 1.89. The van der Waals surface area contributed by atoms with E-state index in [1.165, 1.54) is 5.56 Å². The summed E-state index contributed by atoms with van der Waals surface area (Å²) in [4.78, 5) is 7.55. The Morgan fingerprint density at radius 3 is 2.67 bits per heavy atom. The van der Waals surface area contributed by atoms with Gasteiger partial charge in [-0.15, -0.1) is 0 Å². The van der Waals surface area contributed by atoms with Gasteiger partial charge in [0, 0.05) is 12.4 Å². The van der Waals surface area contributed by atoms with Crippen LogP contribution < -0.4 is 5.32 Å². The first-order chi connectivity index (χ1) is 10.4. The molecule has 2 aromatic heterocycles. The number of nitrogens with zero attached hydrogens (tertiary/aromatic N) is 1. The Morgan fingerprint density at radius 2 is 2.05 bits per heavy atom. The van der Waals surface area contributed by atoms with E-state index >= 15 is 0 Å². The van der Waals surface area contributed by atoms with Crippen LogP contribution in [0.1, 0.15) is 42.6 Å². The fourth-order valence-electron chi connectivity index (χ4n) is 2.50. The maximum Gasteiger partial charge on any atom is 0.125 e. The van der Waals surface area contributed by atoms with Gasteiger partial charge < -0.3 is 9.40 Å². The van der Waals surface area contributed by atoms with Gasteiger partial charge >= 0.3 is 0 Å². The summed E-state index contributed by atoms with van der Waals surface area (Å²) in [6.07, 6.45) is 6.28. The third-order valence-corrected chi connectivity index (χ3v) is 3.59. The van der Waals surface area contributed by atoms with Crippen molar-refractivity contribution in [2.24, 2.45) is 0 Å². The van der Waals surface area contributed by atoms with Crippen LogP contribution in [0.2, 0.25) is 0 Å². The van der Waals surface area contributed by atoms with E-state index in [2.05, 4.69) is 34.3 Å². The van der Waals surface area contributed by atoms with Crippen LogP contribution in [0.3, 0.4) is 0 Å². The molecule has 2 atom stereocenters. The highest BCUT2D eigenvalue weighted by Crippen LogP contribution is 2.26. The predicted octanol–water partition coefficient (Wildman–Crippen LogP) is 3.83. The fraction of sp³-hybridized carbons (Fsp3) is 0.235. The fourth-order valence-corrected chi connectivity index (χ4v) is 2.50. The zero-order chi connectivity index (χ0) is 14.5. The summed E-state index contributed by atoms with van der Waals surface area (Å²) in [5, 5.41) is 3.64. The second kappa shape index (κ2) is 6.41. The summed E-state index contributed by atoms with van der Waals surface area (Å²) in [7, 11) is 0. The minimum Gasteiger partial charge on any atom is -0.467 e. The molecule has 1 aromatic carbocycles. The van der Waals surface area contributed by atoms with Crippen molar-refractivity contribution < 1.29 is 4.42 Å². The Morgan fingerprint density at radius 1 is 1.19 bits per heavy atom. The van der Waals surface area contributed by atoms with E-state index < -0.39 is 0 Å². The van der Waals surface area contributed by atoms with Gasteiger partial charge in [-0.05, 0) is 24.1 Å². The minimum absolute atomic E-state index is 0.0104. The monoisotopic (exact) mass is 281 g/mol. The molecule has 0 saturated carbocycles. The first kappa shape index (κ1) is 13.6. The van der Waals surface area contributed by atoms with Gasteiger partial charge in [0.2, 0.25) is 0 Å². The third-order valence-electron chi connectivity index (χ3n) is 3.59. The summed E-state index contributed by atoms with van der Waals surface area (Å²) in [5.74, 6) is 1.86. The molecule has 2 heterocycles. The Hall–Kier alpha value is -2.33. The van der Waals surface area contributed by atoms with Crippen molar-refractivity contribution in [3.8, 4) is 0 Å². The average Bonchev–Trinajstić information content (AvgIpc) is 3.23. The molecule has 108 valence electrons. The van der Waals surface area contributed by atoms with E-state index in [0.717, 1.165) is 18.0 Å². The molecule has 0 aliphatic rings. The second-order valence-corrected chi connectivity index (χ2v) is 4.96. The lowest BCUT2D eigenvalue weighted by Crippen LogP contribution is -2.27. The van der Waals surface area contributed by atoms with Crippen LogP contribution >= 0.6 is 0 Å². The number of benzene rings is 1. The number of imidazole rings is 1. The molecule has 0 radical (unpaired) electrons. The summed E-state index contributed by atoms with van der Waals surface area (Å²) in [6.45, 7) is 2.14. The summed E-state index contributed by atoms with van der Waals surface area (Å²) in [6, 6.07) is 14.4. The number of H-pyrrole nitrogens is 1. The zero-order valence-corrected chi connectivity index (χ0v) is 12.0. The van der Waals surface area contributed by atoms with Crippen molar-refractivity contribution in [2.45, 2.75) is 25.4 Å². The number of hydrogen-bond donors (Lipinski definition) is 2. The Labute approximate surface area is 124 Å². The van der Waals surface area contributed by atoms with Gasteiger partial charge in [0.05, 0.1) is 18.3 Å². The maximum atomic E-state index is 5.62. The predicted molar refractivity (Wildman–Crippen MR) is 81.7 cm³/mol. The molecule has 2 N–H and O–H groups in total. The van der Waals surface area contributed by atoms with Gasteiger partial charge in [-0.25, -0.2) is 4.98 Å². The molecule has 3 aromatic rings. The van der Waals surface area contributed by atoms with E-state index in [4.69, 9.17) is 4.42 Å². The van der Waals surface area contributed by atoms with Gasteiger partial charge in [0.15, 0.2) is 0 Å². The summed E-state index contributed by atoms with van der Waals surface area (Å²) in [5.41, 5.74) is 1.18. The van der Waals surface area contributed by atoms with Gasteiger partial charge in [-0.1, -0.05) is 37.3 Å². The van der Waals surface area contributed by atoms with E-state index in [0.29, 0.717) is 0 Å². The Kier molecular flexibility index (Phi) is 4.17. The number of nitrogens with one attached hydrogen (secondary N) is 2. The molecule has 2 unspecified atom stereocenters. The maximum absolute atomic E-state index is 5.62. The van der Waals surface area contributed by atoms with E-state index in [-0.39, 0.29) is 12.1 Å². The minimum atomic E-state index is 0.0104. The Bertz CT molecular complexity index is 632. The van der Waals surface area contributed by atoms with Gasteiger partial charge in [0.1, 0.15) is 11.6 Å². The molecule has 21 heavy (non-hydrogen) atoms. The van der Waals surface area contributed by atoms with Crippen LogP contribution in [0.15, 0.2) is 65.5 Å². The van der Waals surface area contributed by atoms with Crippen LogP contribution in [0.4, 0.5) is 0 Å². The van der Waals surface area contributed by atoms with Gasteiger partial charge in [-0.3, -0.25) is 5.32 Å². The van der Waals surface area contributed by atoms with Crippen LogP contribution in [0, 0.1) is 0 Å². The third kappa shape index (κ3) is 3.06. The zero-order valence-electron chi connectivity index (χ0n) is 12.0. The molecule has 3 rings (SSSR count). The van der Waals surface area contributed by atoms with Crippen molar-refractivity contribution in [1.29, 1.82) is 0 Å². The summed E-state index contributed by atoms with van der Waals surface area (Å²) >= 11 is 0. The highest BCUT2D eigenvalue weighted by molar-refractivity contribution is 5.26. The first-order valence-corrected chi connectivity index (χ1v) is 7.22. The number of aromatic amines is 1. The molecule has 0 spiro atoms. The molecule has 0 saturated heterocycles. The quantitative estimate of drug-likeness (QED) is 0.722. The van der Waals surface area contributed by atoms with Crippen molar-refractivity contribution in [2.75, 3.05) is 0 Å². The highest BCUT2D eigenvalue weighted by atomic mass is 16.3. The molecular weight excluding hydrogens is 262 g/mol. The first-order valence-electron chi connectivity index (χ1n) is 7.22. The standard InChI is InChI=1S/C17H19N3O/c1-2-14(17-18-10-11-19-17)20-16(15-9-6-12-21-15)13-7-4-3-5-8-13/h3-12,14,16,20H,2H2,1H3,(H,18,19). The number of hydrogen-bond acceptors (Lipinski definition) is 3. The normalized spacial score (nSPS) is 14.0. The van der Waals surface area contributed by atoms with Gasteiger partial charge in [-0.2, -0.15) is 0 Å². The van der Waals surface area contributed by atoms with Crippen molar-refractivity contribution in [3.05, 3.63) is 78.3 Å². The topological polar surface area (TPSA) is 53.9 Å². The molecular formula is C17H19N3O. The molecule has 0 amide bonds. The number of rotatable bonds is 6. The van der Waals surface area contributed by atoms with Gasteiger partial charge in [0.25, 0.3) is 0 Å². The van der Waals surface area contributed by atoms with Crippen molar-refractivity contribution in [3.63, 3.8) is 0 Å². The molecule has 0 bridgehead atoms. The largest absolute Gasteiger partial charge is 0.467 e. The SMILES string of the molecule is CCC(NC(c1ccccc1)c1ccco1)c1ncc[nH]1. The molecule has 0 fully saturated rings. The van der Waals surface area contributed by atoms with E-state index in [1.54, 1.807) is 12.5 Å². The molecule has 0 aliphatic heterocycles.